The molecule has 6 nitrogen and oxygen atoms in total. The van der Waals surface area contributed by atoms with E-state index in [-0.39, 0.29) is 23.9 Å². The molecule has 6 heteroatoms. The second-order valence-corrected chi connectivity index (χ2v) is 7.25. The van der Waals surface area contributed by atoms with Crippen molar-refractivity contribution < 1.29 is 14.3 Å². The lowest BCUT2D eigenvalue weighted by molar-refractivity contribution is -0.119. The third kappa shape index (κ3) is 6.61. The molecule has 2 rings (SSSR count). The highest BCUT2D eigenvalue weighted by Crippen LogP contribution is 2.13. The third-order valence-electron chi connectivity index (χ3n) is 4.56. The molecule has 0 saturated heterocycles. The van der Waals surface area contributed by atoms with Gasteiger partial charge in [0.05, 0.1) is 13.7 Å². The smallest absolute Gasteiger partial charge is 0.251 e. The lowest BCUT2D eigenvalue weighted by Gasteiger charge is -2.24. The molecule has 0 spiro atoms. The number of methoxy groups -OCH3 is 1. The van der Waals surface area contributed by atoms with Crippen molar-refractivity contribution in [2.45, 2.75) is 39.3 Å². The van der Waals surface area contributed by atoms with Gasteiger partial charge in [-0.1, -0.05) is 19.1 Å². The van der Waals surface area contributed by atoms with Gasteiger partial charge in [0, 0.05) is 23.3 Å². The highest BCUT2D eigenvalue weighted by atomic mass is 16.5. The van der Waals surface area contributed by atoms with Gasteiger partial charge in [0.15, 0.2) is 0 Å². The van der Waals surface area contributed by atoms with E-state index in [2.05, 4.69) is 16.0 Å². The lowest BCUT2D eigenvalue weighted by atomic mass is 10.0. The highest BCUT2D eigenvalue weighted by Gasteiger charge is 2.18. The molecule has 0 aliphatic rings. The summed E-state index contributed by atoms with van der Waals surface area (Å²) in [6.07, 6.45) is 0.850. The van der Waals surface area contributed by atoms with Gasteiger partial charge in [0.25, 0.3) is 5.91 Å². The first-order valence-electron chi connectivity index (χ1n) is 9.39. The quantitative estimate of drug-likeness (QED) is 0.620. The van der Waals surface area contributed by atoms with E-state index >= 15 is 0 Å². The molecule has 2 aromatic rings. The van der Waals surface area contributed by atoms with Crippen LogP contribution in [-0.4, -0.2) is 31.0 Å². The minimum absolute atomic E-state index is 0.102. The Morgan fingerprint density at radius 3 is 2.43 bits per heavy atom. The molecule has 0 saturated carbocycles. The van der Waals surface area contributed by atoms with Crippen LogP contribution < -0.4 is 20.7 Å². The predicted octanol–water partition coefficient (Wildman–Crippen LogP) is 3.34. The molecular weight excluding hydrogens is 354 g/mol. The van der Waals surface area contributed by atoms with Crippen LogP contribution in [0.3, 0.4) is 0 Å². The molecule has 0 bridgehead atoms. The molecule has 2 amide bonds. The van der Waals surface area contributed by atoms with Crippen LogP contribution in [0.2, 0.25) is 0 Å². The van der Waals surface area contributed by atoms with Crippen LogP contribution in [-0.2, 0) is 11.3 Å². The molecule has 0 aliphatic carbocycles. The number of hydrogen-bond acceptors (Lipinski definition) is 4. The number of nitrogens with one attached hydrogen (secondary N) is 3. The van der Waals surface area contributed by atoms with E-state index in [1.807, 2.05) is 45.0 Å². The van der Waals surface area contributed by atoms with E-state index in [0.29, 0.717) is 12.1 Å². The zero-order valence-electron chi connectivity index (χ0n) is 17.0. The lowest BCUT2D eigenvalue weighted by Crippen LogP contribution is -2.42. The topological polar surface area (TPSA) is 79.5 Å². The fourth-order valence-corrected chi connectivity index (χ4v) is 2.44. The van der Waals surface area contributed by atoms with Gasteiger partial charge in [-0.15, -0.1) is 0 Å². The van der Waals surface area contributed by atoms with Gasteiger partial charge in [0.2, 0.25) is 5.91 Å². The van der Waals surface area contributed by atoms with Crippen LogP contribution in [0.15, 0.2) is 48.5 Å². The maximum Gasteiger partial charge on any atom is 0.251 e. The fraction of sp³-hybridized carbons (Fsp3) is 0.364. The summed E-state index contributed by atoms with van der Waals surface area (Å²) in [5, 5.41) is 8.92. The number of ether oxygens (including phenoxy) is 1. The second kappa shape index (κ2) is 9.78. The Balaban J connectivity index is 1.80. The van der Waals surface area contributed by atoms with Crippen LogP contribution in [0.4, 0.5) is 5.69 Å². The van der Waals surface area contributed by atoms with Crippen LogP contribution in [0, 0.1) is 0 Å². The van der Waals surface area contributed by atoms with Crippen molar-refractivity contribution >= 4 is 17.5 Å². The summed E-state index contributed by atoms with van der Waals surface area (Å²) >= 11 is 0. The fourth-order valence-electron chi connectivity index (χ4n) is 2.44. The van der Waals surface area contributed by atoms with Gasteiger partial charge < -0.3 is 20.7 Å². The molecule has 150 valence electrons. The summed E-state index contributed by atoms with van der Waals surface area (Å²) in [6, 6.07) is 14.6. The Hall–Kier alpha value is -3.02. The molecule has 3 N–H and O–H groups in total. The highest BCUT2D eigenvalue weighted by molar-refractivity contribution is 5.95. The van der Waals surface area contributed by atoms with Crippen LogP contribution in [0.5, 0.6) is 5.75 Å². The molecule has 0 fully saturated rings. The average Bonchev–Trinajstić information content (AvgIpc) is 2.71. The number of benzene rings is 2. The number of hydrogen-bond donors (Lipinski definition) is 3. The van der Waals surface area contributed by atoms with Crippen LogP contribution in [0.25, 0.3) is 0 Å². The van der Waals surface area contributed by atoms with Crippen molar-refractivity contribution in [1.82, 2.24) is 10.6 Å². The van der Waals surface area contributed by atoms with Crippen molar-refractivity contribution in [1.29, 1.82) is 0 Å². The Bertz CT molecular complexity index is 801. The Morgan fingerprint density at radius 2 is 1.79 bits per heavy atom. The summed E-state index contributed by atoms with van der Waals surface area (Å²) < 4.78 is 5.17. The number of anilines is 1. The zero-order valence-corrected chi connectivity index (χ0v) is 17.0. The number of carbonyl (C=O) groups is 2. The Kier molecular flexibility index (Phi) is 7.44. The largest absolute Gasteiger partial charge is 0.497 e. The van der Waals surface area contributed by atoms with Crippen molar-refractivity contribution in [2.24, 2.45) is 0 Å². The first kappa shape index (κ1) is 21.3. The average molecular weight is 383 g/mol. The maximum absolute atomic E-state index is 12.3. The molecule has 0 heterocycles. The molecule has 2 aromatic carbocycles. The van der Waals surface area contributed by atoms with Crippen molar-refractivity contribution in [3.8, 4) is 5.75 Å². The zero-order chi connectivity index (χ0) is 20.6. The molecule has 0 unspecified atom stereocenters. The van der Waals surface area contributed by atoms with Gasteiger partial charge in [-0.3, -0.25) is 9.59 Å². The van der Waals surface area contributed by atoms with Crippen molar-refractivity contribution in [3.63, 3.8) is 0 Å². The first-order chi connectivity index (χ1) is 13.3. The van der Waals surface area contributed by atoms with Crippen molar-refractivity contribution in [3.05, 3.63) is 59.7 Å². The van der Waals surface area contributed by atoms with Gasteiger partial charge in [-0.25, -0.2) is 0 Å². The number of amides is 2. The summed E-state index contributed by atoms with van der Waals surface area (Å²) in [7, 11) is 1.61. The molecule has 28 heavy (non-hydrogen) atoms. The van der Waals surface area contributed by atoms with Crippen molar-refractivity contribution in [2.75, 3.05) is 19.0 Å². The van der Waals surface area contributed by atoms with E-state index < -0.39 is 0 Å². The van der Waals surface area contributed by atoms with Gasteiger partial charge in [0.1, 0.15) is 5.75 Å². The molecular formula is C22H29N3O3. The summed E-state index contributed by atoms with van der Waals surface area (Å²) in [6.45, 7) is 6.60. The van der Waals surface area contributed by atoms with E-state index in [4.69, 9.17) is 4.74 Å². The first-order valence-corrected chi connectivity index (χ1v) is 9.39. The van der Waals surface area contributed by atoms with Crippen LogP contribution >= 0.6 is 0 Å². The monoisotopic (exact) mass is 383 g/mol. The molecule has 0 aliphatic heterocycles. The maximum atomic E-state index is 12.3. The predicted molar refractivity (Wildman–Crippen MR) is 112 cm³/mol. The minimum Gasteiger partial charge on any atom is -0.497 e. The standard InChI is InChI=1S/C22H29N3O3/c1-5-22(2,3)25-21(27)17-9-11-18(12-10-17)23-15-20(26)24-14-16-7-6-8-19(13-16)28-4/h6-13,23H,5,14-15H2,1-4H3,(H,24,26)(H,25,27). The van der Waals surface area contributed by atoms with E-state index in [1.165, 1.54) is 0 Å². The van der Waals surface area contributed by atoms with E-state index in [0.717, 1.165) is 23.4 Å². The summed E-state index contributed by atoms with van der Waals surface area (Å²) in [4.78, 5) is 24.3. The van der Waals surface area contributed by atoms with Gasteiger partial charge >= 0.3 is 0 Å². The van der Waals surface area contributed by atoms with E-state index in [9.17, 15) is 9.59 Å². The van der Waals surface area contributed by atoms with Gasteiger partial charge in [-0.05, 0) is 62.2 Å². The molecule has 0 atom stereocenters. The third-order valence-corrected chi connectivity index (χ3v) is 4.56. The molecule has 0 aromatic heterocycles. The second-order valence-electron chi connectivity index (χ2n) is 7.25. The summed E-state index contributed by atoms with van der Waals surface area (Å²) in [5.74, 6) is 0.542. The van der Waals surface area contributed by atoms with E-state index in [1.54, 1.807) is 31.4 Å². The number of rotatable bonds is 9. The van der Waals surface area contributed by atoms with Crippen LogP contribution in [0.1, 0.15) is 43.1 Å². The number of carbonyl (C=O) groups excluding carboxylic acids is 2. The Labute approximate surface area is 166 Å². The van der Waals surface area contributed by atoms with Gasteiger partial charge in [-0.2, -0.15) is 0 Å². The SMILES string of the molecule is CCC(C)(C)NC(=O)c1ccc(NCC(=O)NCc2cccc(OC)c2)cc1. The normalized spacial score (nSPS) is 10.9. The molecule has 0 radical (unpaired) electrons. The summed E-state index contributed by atoms with van der Waals surface area (Å²) in [5.41, 5.74) is 2.10. The minimum atomic E-state index is -0.241. The Morgan fingerprint density at radius 1 is 1.07 bits per heavy atom.